The molecule has 0 saturated heterocycles. The van der Waals surface area contributed by atoms with Crippen LogP contribution < -0.4 is 15.2 Å². The van der Waals surface area contributed by atoms with Crippen LogP contribution in [0, 0.1) is 0 Å². The summed E-state index contributed by atoms with van der Waals surface area (Å²) in [6, 6.07) is 46.5. The van der Waals surface area contributed by atoms with Crippen molar-refractivity contribution in [3.05, 3.63) is 175 Å². The lowest BCUT2D eigenvalue weighted by atomic mass is 9.95. The quantitative estimate of drug-likeness (QED) is 0.155. The number of nitrogens with zero attached hydrogens (tertiary/aromatic N) is 5. The summed E-state index contributed by atoms with van der Waals surface area (Å²) in [5, 5.41) is 8.10. The molecule has 2 aromatic heterocycles. The standard InChI is InChI=1S/C24H25N3O2.C24H21N3O/c1-18(28)26(21-13-6-3-7-14-21)27(24(29)19-10-4-2-5-11-19)22-16-20-12-8-9-15-23(20)25-17-22;1-27(17-18-9-3-2-4-10-18)23-14-8-6-12-21(23)24(28)26-20-15-19-11-5-7-13-22(19)25-16-20/h2,4-5,8-12,15-17,21H,3,6-7,13-14H2,1H3;2-16H,17H2,1H3,(H,26,28). The van der Waals surface area contributed by atoms with E-state index in [0.717, 1.165) is 59.7 Å². The number of pyridine rings is 2. The first-order chi connectivity index (χ1) is 27.9. The number of rotatable bonds is 8. The van der Waals surface area contributed by atoms with E-state index in [0.29, 0.717) is 22.5 Å². The zero-order valence-electron chi connectivity index (χ0n) is 32.3. The van der Waals surface area contributed by atoms with Crippen LogP contribution >= 0.6 is 0 Å². The van der Waals surface area contributed by atoms with E-state index in [-0.39, 0.29) is 23.8 Å². The number of anilines is 3. The van der Waals surface area contributed by atoms with Gasteiger partial charge in [0.25, 0.3) is 11.8 Å². The van der Waals surface area contributed by atoms with Gasteiger partial charge in [-0.3, -0.25) is 24.4 Å². The van der Waals surface area contributed by atoms with Crippen molar-refractivity contribution >= 4 is 56.6 Å². The molecule has 286 valence electrons. The van der Waals surface area contributed by atoms with Gasteiger partial charge in [-0.05, 0) is 66.9 Å². The topological polar surface area (TPSA) is 98.7 Å². The van der Waals surface area contributed by atoms with Crippen LogP contribution in [0.5, 0.6) is 0 Å². The fourth-order valence-corrected chi connectivity index (χ4v) is 7.38. The SMILES string of the molecule is CC(=O)N(C1CCCCC1)N(C(=O)c1ccccc1)c1cnc2ccccc2c1.CN(Cc1ccccc1)c1ccccc1C(=O)Nc1cnc2ccccc2c1. The van der Waals surface area contributed by atoms with Crippen LogP contribution in [-0.4, -0.2) is 45.8 Å². The van der Waals surface area contributed by atoms with Crippen molar-refractivity contribution in [1.29, 1.82) is 0 Å². The number of hydrogen-bond donors (Lipinski definition) is 1. The van der Waals surface area contributed by atoms with Crippen LogP contribution in [0.3, 0.4) is 0 Å². The summed E-state index contributed by atoms with van der Waals surface area (Å²) in [7, 11) is 2.00. The van der Waals surface area contributed by atoms with Gasteiger partial charge in [-0.25, -0.2) is 10.0 Å². The molecule has 57 heavy (non-hydrogen) atoms. The molecule has 3 amide bonds. The zero-order chi connectivity index (χ0) is 39.6. The van der Waals surface area contributed by atoms with E-state index >= 15 is 0 Å². The Balaban J connectivity index is 0.000000174. The summed E-state index contributed by atoms with van der Waals surface area (Å²) in [4.78, 5) is 50.3. The molecule has 1 aliphatic rings. The Morgan fingerprint density at radius 3 is 1.93 bits per heavy atom. The van der Waals surface area contributed by atoms with Gasteiger partial charge in [-0.1, -0.05) is 116 Å². The van der Waals surface area contributed by atoms with Crippen LogP contribution in [0.25, 0.3) is 21.8 Å². The van der Waals surface area contributed by atoms with Crippen molar-refractivity contribution < 1.29 is 14.4 Å². The minimum atomic E-state index is -0.219. The van der Waals surface area contributed by atoms with Gasteiger partial charge in [-0.15, -0.1) is 0 Å². The number of carbonyl (C=O) groups excluding carboxylic acids is 3. The first-order valence-corrected chi connectivity index (χ1v) is 19.4. The molecule has 7 aromatic rings. The van der Waals surface area contributed by atoms with Crippen molar-refractivity contribution in [3.8, 4) is 0 Å². The molecule has 0 spiro atoms. The summed E-state index contributed by atoms with van der Waals surface area (Å²) >= 11 is 0. The van der Waals surface area contributed by atoms with Gasteiger partial charge in [0.05, 0.1) is 46.4 Å². The summed E-state index contributed by atoms with van der Waals surface area (Å²) in [6.07, 6.45) is 8.48. The molecule has 0 bridgehead atoms. The Morgan fingerprint density at radius 2 is 1.25 bits per heavy atom. The second kappa shape index (κ2) is 18.2. The number of hydrazine groups is 1. The number of carbonyl (C=O) groups is 3. The Labute approximate surface area is 333 Å². The third-order valence-corrected chi connectivity index (χ3v) is 10.2. The summed E-state index contributed by atoms with van der Waals surface area (Å²) in [5.41, 5.74) is 6.31. The van der Waals surface area contributed by atoms with Gasteiger partial charge in [0.1, 0.15) is 0 Å². The molecule has 8 rings (SSSR count). The highest BCUT2D eigenvalue weighted by Crippen LogP contribution is 2.30. The molecule has 2 heterocycles. The van der Waals surface area contributed by atoms with Gasteiger partial charge in [0, 0.05) is 42.5 Å². The highest BCUT2D eigenvalue weighted by atomic mass is 16.2. The summed E-state index contributed by atoms with van der Waals surface area (Å²) in [6.45, 7) is 2.26. The number of benzene rings is 5. The fraction of sp³-hybridized carbons (Fsp3) is 0.188. The van der Waals surface area contributed by atoms with Crippen LogP contribution in [-0.2, 0) is 11.3 Å². The van der Waals surface area contributed by atoms with E-state index in [1.54, 1.807) is 29.5 Å². The number of nitrogens with one attached hydrogen (secondary N) is 1. The summed E-state index contributed by atoms with van der Waals surface area (Å²) < 4.78 is 0. The van der Waals surface area contributed by atoms with Crippen molar-refractivity contribution in [1.82, 2.24) is 15.0 Å². The van der Waals surface area contributed by atoms with E-state index in [2.05, 4.69) is 32.3 Å². The Hall–Kier alpha value is -6.87. The molecule has 0 radical (unpaired) electrons. The molecule has 5 aromatic carbocycles. The van der Waals surface area contributed by atoms with E-state index in [1.807, 2.05) is 128 Å². The van der Waals surface area contributed by atoms with Crippen molar-refractivity contribution in [3.63, 3.8) is 0 Å². The molecule has 1 fully saturated rings. The van der Waals surface area contributed by atoms with Crippen molar-refractivity contribution in [2.75, 3.05) is 22.3 Å². The molecule has 1 N–H and O–H groups in total. The molecule has 0 atom stereocenters. The zero-order valence-corrected chi connectivity index (χ0v) is 32.3. The lowest BCUT2D eigenvalue weighted by Gasteiger charge is -2.41. The van der Waals surface area contributed by atoms with Crippen molar-refractivity contribution in [2.24, 2.45) is 0 Å². The molecule has 0 unspecified atom stereocenters. The Bertz CT molecular complexity index is 2470. The molecule has 9 heteroatoms. The van der Waals surface area contributed by atoms with Crippen LogP contribution in [0.15, 0.2) is 158 Å². The molecular formula is C48H46N6O3. The smallest absolute Gasteiger partial charge is 0.277 e. The highest BCUT2D eigenvalue weighted by Gasteiger charge is 2.33. The number of fused-ring (bicyclic) bond motifs is 2. The predicted octanol–water partition coefficient (Wildman–Crippen LogP) is 10.1. The molecule has 9 nitrogen and oxygen atoms in total. The number of hydrogen-bond acceptors (Lipinski definition) is 6. The van der Waals surface area contributed by atoms with Crippen LogP contribution in [0.1, 0.15) is 65.3 Å². The third-order valence-electron chi connectivity index (χ3n) is 10.2. The highest BCUT2D eigenvalue weighted by molar-refractivity contribution is 6.09. The molecule has 1 aliphatic carbocycles. The minimum absolute atomic E-state index is 0.0142. The average Bonchev–Trinajstić information content (AvgIpc) is 3.26. The lowest BCUT2D eigenvalue weighted by molar-refractivity contribution is -0.132. The Morgan fingerprint density at radius 1 is 0.667 bits per heavy atom. The Kier molecular flexibility index (Phi) is 12.2. The second-order valence-corrected chi connectivity index (χ2v) is 14.3. The number of aromatic nitrogens is 2. The van der Waals surface area contributed by atoms with Crippen LogP contribution in [0.2, 0.25) is 0 Å². The normalized spacial score (nSPS) is 12.6. The monoisotopic (exact) mass is 754 g/mol. The summed E-state index contributed by atoms with van der Waals surface area (Å²) in [5.74, 6) is -0.495. The van der Waals surface area contributed by atoms with Gasteiger partial charge in [0.2, 0.25) is 5.91 Å². The van der Waals surface area contributed by atoms with E-state index < -0.39 is 0 Å². The molecular weight excluding hydrogens is 709 g/mol. The first-order valence-electron chi connectivity index (χ1n) is 19.4. The van der Waals surface area contributed by atoms with Gasteiger partial charge in [-0.2, -0.15) is 0 Å². The maximum absolute atomic E-state index is 13.6. The lowest BCUT2D eigenvalue weighted by Crippen LogP contribution is -2.55. The molecule has 0 aliphatic heterocycles. The number of amides is 3. The average molecular weight is 755 g/mol. The first kappa shape index (κ1) is 38.4. The number of para-hydroxylation sites is 3. The van der Waals surface area contributed by atoms with E-state index in [9.17, 15) is 14.4 Å². The van der Waals surface area contributed by atoms with E-state index in [1.165, 1.54) is 23.9 Å². The predicted molar refractivity (Wildman–Crippen MR) is 229 cm³/mol. The van der Waals surface area contributed by atoms with Gasteiger partial charge >= 0.3 is 0 Å². The molecule has 1 saturated carbocycles. The van der Waals surface area contributed by atoms with Crippen LogP contribution in [0.4, 0.5) is 17.1 Å². The van der Waals surface area contributed by atoms with Gasteiger partial charge < -0.3 is 10.2 Å². The maximum atomic E-state index is 13.6. The van der Waals surface area contributed by atoms with E-state index in [4.69, 9.17) is 0 Å². The van der Waals surface area contributed by atoms with Gasteiger partial charge in [0.15, 0.2) is 0 Å². The largest absolute Gasteiger partial charge is 0.370 e. The minimum Gasteiger partial charge on any atom is -0.370 e. The fourth-order valence-electron chi connectivity index (χ4n) is 7.38. The third kappa shape index (κ3) is 9.33. The van der Waals surface area contributed by atoms with Crippen molar-refractivity contribution in [2.45, 2.75) is 51.6 Å². The maximum Gasteiger partial charge on any atom is 0.277 e. The second-order valence-electron chi connectivity index (χ2n) is 14.3.